The van der Waals surface area contributed by atoms with Crippen LogP contribution in [0.15, 0.2) is 18.3 Å². The van der Waals surface area contributed by atoms with Crippen molar-refractivity contribution in [2.45, 2.75) is 32.9 Å². The van der Waals surface area contributed by atoms with Crippen molar-refractivity contribution >= 4 is 5.82 Å². The number of nitrogens with zero attached hydrogens (tertiary/aromatic N) is 2. The van der Waals surface area contributed by atoms with E-state index in [0.29, 0.717) is 18.7 Å². The topological polar surface area (TPSA) is 37.4 Å². The lowest BCUT2D eigenvalue weighted by molar-refractivity contribution is 0.181. The molecule has 0 aromatic carbocycles. The van der Waals surface area contributed by atoms with Gasteiger partial charge in [-0.25, -0.2) is 4.98 Å². The summed E-state index contributed by atoms with van der Waals surface area (Å²) in [6.45, 7) is 8.06. The molecule has 4 nitrogen and oxygen atoms in total. The van der Waals surface area contributed by atoms with Crippen LogP contribution in [-0.4, -0.2) is 38.3 Å². The number of hydrogen-bond donors (Lipinski definition) is 1. The van der Waals surface area contributed by atoms with Crippen LogP contribution in [0.2, 0.25) is 0 Å². The van der Waals surface area contributed by atoms with Gasteiger partial charge in [0.1, 0.15) is 5.82 Å². The van der Waals surface area contributed by atoms with Crippen LogP contribution in [0.1, 0.15) is 32.4 Å². The van der Waals surface area contributed by atoms with Crippen LogP contribution in [0.4, 0.5) is 5.82 Å². The third kappa shape index (κ3) is 3.68. The zero-order valence-electron chi connectivity index (χ0n) is 12.1. The van der Waals surface area contributed by atoms with Crippen molar-refractivity contribution in [3.8, 4) is 0 Å². The molecule has 0 radical (unpaired) electrons. The summed E-state index contributed by atoms with van der Waals surface area (Å²) in [5, 5.41) is 3.21. The Morgan fingerprint density at radius 3 is 2.56 bits per heavy atom. The number of methoxy groups -OCH3 is 1. The van der Waals surface area contributed by atoms with Gasteiger partial charge in [0.25, 0.3) is 0 Å². The van der Waals surface area contributed by atoms with Crippen LogP contribution < -0.4 is 10.2 Å². The maximum absolute atomic E-state index is 5.21. The van der Waals surface area contributed by atoms with Gasteiger partial charge in [0.2, 0.25) is 0 Å². The highest BCUT2D eigenvalue weighted by atomic mass is 16.5. The molecule has 1 aromatic heterocycles. The molecular weight excluding hydrogens is 226 g/mol. The molecule has 0 saturated heterocycles. The Morgan fingerprint density at radius 1 is 1.39 bits per heavy atom. The van der Waals surface area contributed by atoms with E-state index >= 15 is 0 Å². The second-order valence-electron chi connectivity index (χ2n) is 4.55. The lowest BCUT2D eigenvalue weighted by Crippen LogP contribution is -2.36. The third-order valence-corrected chi connectivity index (χ3v) is 3.28. The average molecular weight is 251 g/mol. The summed E-state index contributed by atoms with van der Waals surface area (Å²) in [5.74, 6) is 1.01. The predicted molar refractivity (Wildman–Crippen MR) is 76.1 cm³/mol. The summed E-state index contributed by atoms with van der Waals surface area (Å²) in [6.07, 6.45) is 1.94. The number of nitrogens with one attached hydrogen (secondary N) is 1. The molecule has 1 heterocycles. The smallest absolute Gasteiger partial charge is 0.128 e. The summed E-state index contributed by atoms with van der Waals surface area (Å²) >= 11 is 0. The Morgan fingerprint density at radius 2 is 2.11 bits per heavy atom. The number of ether oxygens (including phenoxy) is 1. The van der Waals surface area contributed by atoms with Gasteiger partial charge in [-0.05, 0) is 39.4 Å². The highest BCUT2D eigenvalue weighted by molar-refractivity contribution is 5.40. The van der Waals surface area contributed by atoms with E-state index in [1.807, 2.05) is 13.2 Å². The highest BCUT2D eigenvalue weighted by Gasteiger charge is 2.14. The van der Waals surface area contributed by atoms with Crippen molar-refractivity contribution in [2.75, 3.05) is 32.2 Å². The van der Waals surface area contributed by atoms with Crippen LogP contribution in [0.25, 0.3) is 0 Å². The van der Waals surface area contributed by atoms with E-state index in [4.69, 9.17) is 4.74 Å². The highest BCUT2D eigenvalue weighted by Crippen LogP contribution is 2.17. The van der Waals surface area contributed by atoms with Gasteiger partial charge in [0.15, 0.2) is 0 Å². The van der Waals surface area contributed by atoms with Gasteiger partial charge in [-0.1, -0.05) is 6.07 Å². The molecule has 1 rings (SSSR count). The first kappa shape index (κ1) is 14.9. The fourth-order valence-corrected chi connectivity index (χ4v) is 2.02. The lowest BCUT2D eigenvalue weighted by Gasteiger charge is -2.28. The predicted octanol–water partition coefficient (Wildman–Crippen LogP) is 2.22. The first-order valence-electron chi connectivity index (χ1n) is 6.52. The zero-order valence-corrected chi connectivity index (χ0v) is 12.1. The van der Waals surface area contributed by atoms with Crippen molar-refractivity contribution in [2.24, 2.45) is 0 Å². The van der Waals surface area contributed by atoms with Gasteiger partial charge in [0, 0.05) is 25.9 Å². The second-order valence-corrected chi connectivity index (χ2v) is 4.55. The molecule has 4 heteroatoms. The Hall–Kier alpha value is -1.13. The Kier molecular flexibility index (Phi) is 6.09. The maximum Gasteiger partial charge on any atom is 0.128 e. The standard InChI is InChI=1S/C14H25N3O/c1-6-17(11(2)10-18-5)14-8-7-13(9-16-14)12(3)15-4/h7-9,11-12,15H,6,10H2,1-5H3. The molecule has 0 aliphatic carbocycles. The first-order chi connectivity index (χ1) is 8.63. The van der Waals surface area contributed by atoms with Crippen LogP contribution in [0.3, 0.4) is 0 Å². The van der Waals surface area contributed by atoms with E-state index in [1.165, 1.54) is 5.56 Å². The van der Waals surface area contributed by atoms with Crippen molar-refractivity contribution in [3.05, 3.63) is 23.9 Å². The normalized spacial score (nSPS) is 14.3. The van der Waals surface area contributed by atoms with E-state index in [1.54, 1.807) is 7.11 Å². The molecule has 2 unspecified atom stereocenters. The van der Waals surface area contributed by atoms with Crippen LogP contribution in [0, 0.1) is 0 Å². The van der Waals surface area contributed by atoms with E-state index < -0.39 is 0 Å². The Bertz CT molecular complexity index is 339. The average Bonchev–Trinajstić information content (AvgIpc) is 2.40. The second kappa shape index (κ2) is 7.34. The van der Waals surface area contributed by atoms with Crippen LogP contribution in [-0.2, 0) is 4.74 Å². The molecular formula is C14H25N3O. The number of pyridine rings is 1. The van der Waals surface area contributed by atoms with Crippen molar-refractivity contribution in [1.29, 1.82) is 0 Å². The maximum atomic E-state index is 5.21. The first-order valence-corrected chi connectivity index (χ1v) is 6.52. The van der Waals surface area contributed by atoms with Crippen LogP contribution in [0.5, 0.6) is 0 Å². The molecule has 0 saturated carbocycles. The third-order valence-electron chi connectivity index (χ3n) is 3.28. The van der Waals surface area contributed by atoms with Crippen molar-refractivity contribution < 1.29 is 4.74 Å². The number of hydrogen-bond acceptors (Lipinski definition) is 4. The molecule has 18 heavy (non-hydrogen) atoms. The van der Waals surface area contributed by atoms with Gasteiger partial charge in [-0.15, -0.1) is 0 Å². The van der Waals surface area contributed by atoms with Crippen molar-refractivity contribution in [3.63, 3.8) is 0 Å². The fourth-order valence-electron chi connectivity index (χ4n) is 2.02. The van der Waals surface area contributed by atoms with Gasteiger partial charge >= 0.3 is 0 Å². The summed E-state index contributed by atoms with van der Waals surface area (Å²) in [4.78, 5) is 6.80. The molecule has 1 N–H and O–H groups in total. The minimum atomic E-state index is 0.332. The van der Waals surface area contributed by atoms with Gasteiger partial charge < -0.3 is 15.0 Å². The number of aromatic nitrogens is 1. The lowest BCUT2D eigenvalue weighted by atomic mass is 10.1. The van der Waals surface area contributed by atoms with Gasteiger partial charge in [0.05, 0.1) is 12.6 Å². The molecule has 2 atom stereocenters. The van der Waals surface area contributed by atoms with Gasteiger partial charge in [-0.2, -0.15) is 0 Å². The number of likely N-dealkylation sites (N-methyl/N-ethyl adjacent to an activating group) is 1. The number of anilines is 1. The van der Waals surface area contributed by atoms with E-state index in [2.05, 4.69) is 48.1 Å². The zero-order chi connectivity index (χ0) is 13.5. The minimum absolute atomic E-state index is 0.332. The monoisotopic (exact) mass is 251 g/mol. The molecule has 0 aliphatic heterocycles. The molecule has 0 bridgehead atoms. The van der Waals surface area contributed by atoms with E-state index in [0.717, 1.165) is 12.4 Å². The summed E-state index contributed by atoms with van der Waals surface area (Å²) in [5.41, 5.74) is 1.21. The molecule has 0 fully saturated rings. The van der Waals surface area contributed by atoms with E-state index in [9.17, 15) is 0 Å². The Labute approximate surface area is 110 Å². The molecule has 0 amide bonds. The van der Waals surface area contributed by atoms with Crippen LogP contribution >= 0.6 is 0 Å². The van der Waals surface area contributed by atoms with Crippen molar-refractivity contribution in [1.82, 2.24) is 10.3 Å². The minimum Gasteiger partial charge on any atom is -0.383 e. The van der Waals surface area contributed by atoms with E-state index in [-0.39, 0.29) is 0 Å². The SMILES string of the molecule is CCN(c1ccc(C(C)NC)cn1)C(C)COC. The molecule has 1 aromatic rings. The van der Waals surface area contributed by atoms with Gasteiger partial charge in [-0.3, -0.25) is 0 Å². The molecule has 0 spiro atoms. The number of rotatable bonds is 7. The Balaban J connectivity index is 2.81. The fraction of sp³-hybridized carbons (Fsp3) is 0.643. The summed E-state index contributed by atoms with van der Waals surface area (Å²) in [6, 6.07) is 4.88. The molecule has 102 valence electrons. The molecule has 0 aliphatic rings. The summed E-state index contributed by atoms with van der Waals surface area (Å²) < 4.78 is 5.21. The largest absolute Gasteiger partial charge is 0.383 e. The quantitative estimate of drug-likeness (QED) is 0.806. The summed E-state index contributed by atoms with van der Waals surface area (Å²) in [7, 11) is 3.69.